The van der Waals surface area contributed by atoms with Crippen LogP contribution in [0.15, 0.2) is 11.3 Å². The number of hydrogen-bond donors (Lipinski definition) is 1. The van der Waals surface area contributed by atoms with E-state index in [4.69, 9.17) is 15.2 Å². The smallest absolute Gasteiger partial charge is 0.410 e. The first kappa shape index (κ1) is 17.0. The first-order valence-corrected chi connectivity index (χ1v) is 6.82. The fourth-order valence-corrected chi connectivity index (χ4v) is 1.80. The summed E-state index contributed by atoms with van der Waals surface area (Å²) in [6, 6.07) is 0. The monoisotopic (exact) mass is 298 g/mol. The molecule has 0 aromatic rings. The molecular weight excluding hydrogens is 276 g/mol. The number of piperidine rings is 1. The van der Waals surface area contributed by atoms with Gasteiger partial charge in [-0.2, -0.15) is 0 Å². The van der Waals surface area contributed by atoms with E-state index in [1.165, 1.54) is 4.90 Å². The van der Waals surface area contributed by atoms with Crippen LogP contribution >= 0.6 is 0 Å². The normalized spacial score (nSPS) is 18.3. The third kappa shape index (κ3) is 4.77. The van der Waals surface area contributed by atoms with E-state index in [0.29, 0.717) is 0 Å². The Morgan fingerprint density at radius 3 is 2.48 bits per heavy atom. The van der Waals surface area contributed by atoms with Crippen LogP contribution in [0, 0.1) is 0 Å². The van der Waals surface area contributed by atoms with E-state index in [2.05, 4.69) is 0 Å². The lowest BCUT2D eigenvalue weighted by Crippen LogP contribution is -2.44. The first-order valence-electron chi connectivity index (χ1n) is 6.82. The molecule has 0 aromatic carbocycles. The minimum Gasteiger partial charge on any atom is -0.461 e. The Morgan fingerprint density at radius 2 is 1.95 bits per heavy atom. The van der Waals surface area contributed by atoms with Gasteiger partial charge in [-0.1, -0.05) is 0 Å². The summed E-state index contributed by atoms with van der Waals surface area (Å²) in [5, 5.41) is 0. The minimum absolute atomic E-state index is 0.0433. The Kier molecular flexibility index (Phi) is 5.34. The number of amides is 1. The van der Waals surface area contributed by atoms with Gasteiger partial charge in [0.1, 0.15) is 11.3 Å². The number of likely N-dealkylation sites (tertiary alicyclic amines) is 1. The maximum absolute atomic E-state index is 12.0. The average molecular weight is 298 g/mol. The lowest BCUT2D eigenvalue weighted by Gasteiger charge is -2.30. The molecule has 7 nitrogen and oxygen atoms in total. The number of hydrogen-bond acceptors (Lipinski definition) is 6. The summed E-state index contributed by atoms with van der Waals surface area (Å²) in [5.74, 6) is -0.993. The van der Waals surface area contributed by atoms with Crippen molar-refractivity contribution in [2.45, 2.75) is 39.7 Å². The molecule has 1 heterocycles. The lowest BCUT2D eigenvalue weighted by molar-refractivity contribution is -0.139. The van der Waals surface area contributed by atoms with Gasteiger partial charge in [0.05, 0.1) is 13.2 Å². The number of carbonyl (C=O) groups excluding carboxylic acids is 3. The SMILES string of the molecule is CCOC(=O)/C(N)=C1\CN(C(=O)OC(C)(C)C)CCC1=O. The maximum atomic E-state index is 12.0. The van der Waals surface area contributed by atoms with Crippen molar-refractivity contribution in [1.29, 1.82) is 0 Å². The highest BCUT2D eigenvalue weighted by molar-refractivity contribution is 6.04. The molecule has 1 fully saturated rings. The Labute approximate surface area is 124 Å². The molecule has 1 aliphatic rings. The van der Waals surface area contributed by atoms with Crippen molar-refractivity contribution in [2.24, 2.45) is 5.73 Å². The van der Waals surface area contributed by atoms with Gasteiger partial charge in [-0.15, -0.1) is 0 Å². The third-order valence-electron chi connectivity index (χ3n) is 2.77. The van der Waals surface area contributed by atoms with Gasteiger partial charge >= 0.3 is 12.1 Å². The topological polar surface area (TPSA) is 98.9 Å². The Hall–Kier alpha value is -2.05. The molecule has 0 aromatic heterocycles. The molecule has 1 aliphatic heterocycles. The van der Waals surface area contributed by atoms with Gasteiger partial charge in [0, 0.05) is 18.5 Å². The van der Waals surface area contributed by atoms with Gasteiger partial charge in [0.25, 0.3) is 0 Å². The molecule has 1 saturated heterocycles. The maximum Gasteiger partial charge on any atom is 0.410 e. The molecule has 7 heteroatoms. The molecule has 118 valence electrons. The van der Waals surface area contributed by atoms with Gasteiger partial charge in [-0.3, -0.25) is 4.79 Å². The summed E-state index contributed by atoms with van der Waals surface area (Å²) in [4.78, 5) is 36.8. The van der Waals surface area contributed by atoms with Crippen LogP contribution in [0.25, 0.3) is 0 Å². The molecule has 1 rings (SSSR count). The molecule has 2 N–H and O–H groups in total. The Bertz CT molecular complexity index is 476. The van der Waals surface area contributed by atoms with E-state index in [1.54, 1.807) is 27.7 Å². The van der Waals surface area contributed by atoms with Crippen LogP contribution in [-0.2, 0) is 19.1 Å². The fraction of sp³-hybridized carbons (Fsp3) is 0.643. The molecule has 0 saturated carbocycles. The predicted molar refractivity (Wildman–Crippen MR) is 75.3 cm³/mol. The second kappa shape index (κ2) is 6.60. The quantitative estimate of drug-likeness (QED) is 0.602. The van der Waals surface area contributed by atoms with Crippen LogP contribution < -0.4 is 5.73 Å². The van der Waals surface area contributed by atoms with Crippen LogP contribution in [0.1, 0.15) is 34.1 Å². The van der Waals surface area contributed by atoms with E-state index in [-0.39, 0.29) is 43.2 Å². The summed E-state index contributed by atoms with van der Waals surface area (Å²) in [6.07, 6.45) is -0.432. The predicted octanol–water partition coefficient (Wildman–Crippen LogP) is 0.972. The van der Waals surface area contributed by atoms with Crippen molar-refractivity contribution in [1.82, 2.24) is 4.90 Å². The van der Waals surface area contributed by atoms with Gasteiger partial charge in [0.15, 0.2) is 5.78 Å². The number of Topliss-reactive ketones (excluding diaryl/α,β-unsaturated/α-hetero) is 1. The number of ether oxygens (including phenoxy) is 2. The summed E-state index contributed by atoms with van der Waals surface area (Å²) < 4.78 is 10.0. The molecule has 0 atom stereocenters. The van der Waals surface area contributed by atoms with E-state index in [0.717, 1.165) is 0 Å². The van der Waals surface area contributed by atoms with Gasteiger partial charge in [0.2, 0.25) is 0 Å². The molecule has 0 spiro atoms. The summed E-state index contributed by atoms with van der Waals surface area (Å²) >= 11 is 0. The molecule has 0 unspecified atom stereocenters. The highest BCUT2D eigenvalue weighted by Gasteiger charge is 2.31. The average Bonchev–Trinajstić information content (AvgIpc) is 2.36. The number of ketones is 1. The van der Waals surface area contributed by atoms with Crippen molar-refractivity contribution < 1.29 is 23.9 Å². The Balaban J connectivity index is 2.88. The van der Waals surface area contributed by atoms with E-state index < -0.39 is 17.7 Å². The van der Waals surface area contributed by atoms with Crippen molar-refractivity contribution in [3.05, 3.63) is 11.3 Å². The second-order valence-electron chi connectivity index (χ2n) is 5.69. The zero-order chi connectivity index (χ0) is 16.2. The lowest BCUT2D eigenvalue weighted by atomic mass is 10.0. The standard InChI is InChI=1S/C14H22N2O5/c1-5-20-12(18)11(15)9-8-16(7-6-10(9)17)13(19)21-14(2,3)4/h5-8,15H2,1-4H3/b11-9-. The summed E-state index contributed by atoms with van der Waals surface area (Å²) in [5.41, 5.74) is 4.90. The second-order valence-corrected chi connectivity index (χ2v) is 5.69. The first-order chi connectivity index (χ1) is 9.65. The third-order valence-corrected chi connectivity index (χ3v) is 2.77. The molecule has 0 bridgehead atoms. The van der Waals surface area contributed by atoms with Crippen LogP contribution in [0.4, 0.5) is 4.79 Å². The minimum atomic E-state index is -0.744. The van der Waals surface area contributed by atoms with Gasteiger partial charge in [-0.05, 0) is 27.7 Å². The zero-order valence-electron chi connectivity index (χ0n) is 12.9. The van der Waals surface area contributed by atoms with Crippen LogP contribution in [0.3, 0.4) is 0 Å². The van der Waals surface area contributed by atoms with E-state index >= 15 is 0 Å². The van der Waals surface area contributed by atoms with Crippen molar-refractivity contribution in [3.63, 3.8) is 0 Å². The summed E-state index contributed by atoms with van der Waals surface area (Å²) in [6.45, 7) is 7.27. The fourth-order valence-electron chi connectivity index (χ4n) is 1.80. The zero-order valence-corrected chi connectivity index (χ0v) is 12.9. The number of esters is 1. The van der Waals surface area contributed by atoms with Crippen molar-refractivity contribution in [2.75, 3.05) is 19.7 Å². The number of nitrogens with zero attached hydrogens (tertiary/aromatic N) is 1. The van der Waals surface area contributed by atoms with Gasteiger partial charge in [-0.25, -0.2) is 9.59 Å². The van der Waals surface area contributed by atoms with E-state index in [1.807, 2.05) is 0 Å². The Morgan fingerprint density at radius 1 is 1.33 bits per heavy atom. The number of nitrogens with two attached hydrogens (primary N) is 1. The molecular formula is C14H22N2O5. The molecule has 1 amide bonds. The summed E-state index contributed by atoms with van der Waals surface area (Å²) in [7, 11) is 0. The molecule has 21 heavy (non-hydrogen) atoms. The van der Waals surface area contributed by atoms with Crippen molar-refractivity contribution >= 4 is 17.8 Å². The highest BCUT2D eigenvalue weighted by atomic mass is 16.6. The number of rotatable bonds is 2. The van der Waals surface area contributed by atoms with E-state index in [9.17, 15) is 14.4 Å². The van der Waals surface area contributed by atoms with Crippen molar-refractivity contribution in [3.8, 4) is 0 Å². The molecule has 0 aliphatic carbocycles. The highest BCUT2D eigenvalue weighted by Crippen LogP contribution is 2.18. The van der Waals surface area contributed by atoms with Crippen LogP contribution in [0.2, 0.25) is 0 Å². The number of carbonyl (C=O) groups is 3. The van der Waals surface area contributed by atoms with Gasteiger partial charge < -0.3 is 20.1 Å². The van der Waals surface area contributed by atoms with Crippen LogP contribution in [-0.4, -0.2) is 48.0 Å². The largest absolute Gasteiger partial charge is 0.461 e. The van der Waals surface area contributed by atoms with Crippen LogP contribution in [0.5, 0.6) is 0 Å². The molecule has 0 radical (unpaired) electrons.